The van der Waals surface area contributed by atoms with Gasteiger partial charge in [0.15, 0.2) is 0 Å². The third kappa shape index (κ3) is 3.50. The molecule has 1 aliphatic heterocycles. The molecule has 4 nitrogen and oxygen atoms in total. The lowest BCUT2D eigenvalue weighted by atomic mass is 10.0. The summed E-state index contributed by atoms with van der Waals surface area (Å²) >= 11 is 5.76. The first kappa shape index (κ1) is 13.4. The Morgan fingerprint density at radius 2 is 2.44 bits per heavy atom. The van der Waals surface area contributed by atoms with Crippen LogP contribution in [-0.2, 0) is 0 Å². The third-order valence-electron chi connectivity index (χ3n) is 3.52. The summed E-state index contributed by atoms with van der Waals surface area (Å²) in [5, 5.41) is 3.47. The molecular formula is C13H20ClN3O. The minimum Gasteiger partial charge on any atom is -0.356 e. The van der Waals surface area contributed by atoms with Crippen LogP contribution in [0.2, 0.25) is 5.02 Å². The standard InChI is InChI=1S/C13H20ClN3O/c1-10-4-2-3-6-17(10)7-5-15-13(18)12-8-11(14)9-16-12/h8-10,16H,2-7H2,1H3,(H,15,18). The smallest absolute Gasteiger partial charge is 0.267 e. The number of aromatic amines is 1. The molecule has 2 heterocycles. The van der Waals surface area contributed by atoms with E-state index in [0.29, 0.717) is 23.3 Å². The zero-order valence-electron chi connectivity index (χ0n) is 10.7. The number of amides is 1. The lowest BCUT2D eigenvalue weighted by Gasteiger charge is -2.33. The van der Waals surface area contributed by atoms with E-state index in [0.717, 1.165) is 13.1 Å². The summed E-state index contributed by atoms with van der Waals surface area (Å²) in [6, 6.07) is 2.27. The maximum absolute atomic E-state index is 11.8. The number of piperidine rings is 1. The molecule has 1 saturated heterocycles. The quantitative estimate of drug-likeness (QED) is 0.881. The summed E-state index contributed by atoms with van der Waals surface area (Å²) in [5.74, 6) is -0.0911. The van der Waals surface area contributed by atoms with Gasteiger partial charge in [-0.15, -0.1) is 0 Å². The van der Waals surface area contributed by atoms with E-state index in [1.807, 2.05) is 0 Å². The molecule has 100 valence electrons. The molecule has 0 aliphatic carbocycles. The number of carbonyl (C=O) groups excluding carboxylic acids is 1. The molecule has 1 aromatic rings. The lowest BCUT2D eigenvalue weighted by molar-refractivity contribution is 0.0934. The number of carbonyl (C=O) groups is 1. The average Bonchev–Trinajstić information content (AvgIpc) is 2.78. The van der Waals surface area contributed by atoms with Gasteiger partial charge in [-0.05, 0) is 32.4 Å². The fourth-order valence-electron chi connectivity index (χ4n) is 2.40. The van der Waals surface area contributed by atoms with Crippen LogP contribution in [0.25, 0.3) is 0 Å². The van der Waals surface area contributed by atoms with E-state index >= 15 is 0 Å². The van der Waals surface area contributed by atoms with Crippen LogP contribution in [0.1, 0.15) is 36.7 Å². The molecule has 1 unspecified atom stereocenters. The van der Waals surface area contributed by atoms with Crippen molar-refractivity contribution in [3.63, 3.8) is 0 Å². The van der Waals surface area contributed by atoms with Gasteiger partial charge in [0.2, 0.25) is 0 Å². The highest BCUT2D eigenvalue weighted by Gasteiger charge is 2.17. The fourth-order valence-corrected chi connectivity index (χ4v) is 2.56. The van der Waals surface area contributed by atoms with Gasteiger partial charge in [-0.25, -0.2) is 0 Å². The predicted molar refractivity (Wildman–Crippen MR) is 73.0 cm³/mol. The minimum atomic E-state index is -0.0911. The van der Waals surface area contributed by atoms with Crippen LogP contribution in [0, 0.1) is 0 Å². The Bertz CT molecular complexity index is 405. The largest absolute Gasteiger partial charge is 0.356 e. The molecule has 1 aromatic heterocycles. The number of nitrogens with one attached hydrogen (secondary N) is 2. The Labute approximate surface area is 113 Å². The van der Waals surface area contributed by atoms with Crippen molar-refractivity contribution in [3.8, 4) is 0 Å². The highest BCUT2D eigenvalue weighted by Crippen LogP contribution is 2.15. The van der Waals surface area contributed by atoms with Crippen molar-refractivity contribution in [3.05, 3.63) is 23.0 Å². The minimum absolute atomic E-state index is 0.0911. The molecule has 1 fully saturated rings. The Morgan fingerprint density at radius 1 is 1.61 bits per heavy atom. The fraction of sp³-hybridized carbons (Fsp3) is 0.615. The van der Waals surface area contributed by atoms with Gasteiger partial charge < -0.3 is 10.3 Å². The molecule has 18 heavy (non-hydrogen) atoms. The van der Waals surface area contributed by atoms with Gasteiger partial charge in [0, 0.05) is 25.3 Å². The van der Waals surface area contributed by atoms with E-state index in [1.54, 1.807) is 12.3 Å². The molecule has 0 bridgehead atoms. The van der Waals surface area contributed by atoms with Crippen LogP contribution >= 0.6 is 11.6 Å². The van der Waals surface area contributed by atoms with E-state index in [1.165, 1.54) is 19.3 Å². The Morgan fingerprint density at radius 3 is 3.11 bits per heavy atom. The van der Waals surface area contributed by atoms with Crippen molar-refractivity contribution < 1.29 is 4.79 Å². The first-order valence-corrected chi connectivity index (χ1v) is 6.91. The summed E-state index contributed by atoms with van der Waals surface area (Å²) < 4.78 is 0. The summed E-state index contributed by atoms with van der Waals surface area (Å²) in [6.45, 7) is 5.00. The van der Waals surface area contributed by atoms with Gasteiger partial charge in [-0.1, -0.05) is 18.0 Å². The van der Waals surface area contributed by atoms with Gasteiger partial charge in [0.05, 0.1) is 5.02 Å². The number of hydrogen-bond donors (Lipinski definition) is 2. The van der Waals surface area contributed by atoms with Crippen molar-refractivity contribution in [2.75, 3.05) is 19.6 Å². The number of aromatic nitrogens is 1. The summed E-state index contributed by atoms with van der Waals surface area (Å²) in [4.78, 5) is 17.0. The highest BCUT2D eigenvalue weighted by molar-refractivity contribution is 6.30. The van der Waals surface area contributed by atoms with Crippen molar-refractivity contribution >= 4 is 17.5 Å². The van der Waals surface area contributed by atoms with Crippen molar-refractivity contribution in [2.45, 2.75) is 32.2 Å². The van der Waals surface area contributed by atoms with Gasteiger partial charge in [0.1, 0.15) is 5.69 Å². The second kappa shape index (κ2) is 6.25. The van der Waals surface area contributed by atoms with Crippen LogP contribution in [-0.4, -0.2) is 41.5 Å². The topological polar surface area (TPSA) is 48.1 Å². The second-order valence-corrected chi connectivity index (χ2v) is 5.30. The second-order valence-electron chi connectivity index (χ2n) is 4.87. The van der Waals surface area contributed by atoms with Gasteiger partial charge in [-0.2, -0.15) is 0 Å². The Kier molecular flexibility index (Phi) is 4.66. The molecule has 1 atom stereocenters. The number of halogens is 1. The van der Waals surface area contributed by atoms with E-state index in [9.17, 15) is 4.79 Å². The van der Waals surface area contributed by atoms with Crippen molar-refractivity contribution in [2.24, 2.45) is 0 Å². The van der Waals surface area contributed by atoms with E-state index in [2.05, 4.69) is 22.1 Å². The summed E-state index contributed by atoms with van der Waals surface area (Å²) in [5.41, 5.74) is 0.520. The monoisotopic (exact) mass is 269 g/mol. The highest BCUT2D eigenvalue weighted by atomic mass is 35.5. The Hall–Kier alpha value is -1.00. The van der Waals surface area contributed by atoms with Crippen LogP contribution in [0.15, 0.2) is 12.3 Å². The third-order valence-corrected chi connectivity index (χ3v) is 3.74. The number of rotatable bonds is 4. The van der Waals surface area contributed by atoms with Crippen LogP contribution in [0.3, 0.4) is 0 Å². The first-order chi connectivity index (χ1) is 8.66. The van der Waals surface area contributed by atoms with Gasteiger partial charge in [-0.3, -0.25) is 9.69 Å². The molecule has 0 saturated carbocycles. The number of nitrogens with zero attached hydrogens (tertiary/aromatic N) is 1. The van der Waals surface area contributed by atoms with Gasteiger partial charge >= 0.3 is 0 Å². The molecule has 0 radical (unpaired) electrons. The zero-order valence-corrected chi connectivity index (χ0v) is 11.5. The van der Waals surface area contributed by atoms with E-state index in [4.69, 9.17) is 11.6 Å². The summed E-state index contributed by atoms with van der Waals surface area (Å²) in [6.07, 6.45) is 5.47. The predicted octanol–water partition coefficient (Wildman–Crippen LogP) is 2.27. The molecule has 0 spiro atoms. The lowest BCUT2D eigenvalue weighted by Crippen LogP contribution is -2.42. The van der Waals surface area contributed by atoms with Crippen molar-refractivity contribution in [1.29, 1.82) is 0 Å². The maximum Gasteiger partial charge on any atom is 0.267 e. The molecular weight excluding hydrogens is 250 g/mol. The first-order valence-electron chi connectivity index (χ1n) is 6.53. The number of likely N-dealkylation sites (tertiary alicyclic amines) is 1. The summed E-state index contributed by atoms with van der Waals surface area (Å²) in [7, 11) is 0. The van der Waals surface area contributed by atoms with E-state index in [-0.39, 0.29) is 5.91 Å². The normalized spacial score (nSPS) is 20.9. The number of H-pyrrole nitrogens is 1. The molecule has 0 aromatic carbocycles. The molecule has 1 amide bonds. The Balaban J connectivity index is 1.73. The molecule has 1 aliphatic rings. The maximum atomic E-state index is 11.8. The van der Waals surface area contributed by atoms with Crippen molar-refractivity contribution in [1.82, 2.24) is 15.2 Å². The SMILES string of the molecule is CC1CCCCN1CCNC(=O)c1cc(Cl)c[nH]1. The molecule has 5 heteroatoms. The van der Waals surface area contributed by atoms with Gasteiger partial charge in [0.25, 0.3) is 5.91 Å². The van der Waals surface area contributed by atoms with Crippen LogP contribution in [0.4, 0.5) is 0 Å². The molecule has 2 rings (SSSR count). The zero-order chi connectivity index (χ0) is 13.0. The van der Waals surface area contributed by atoms with E-state index < -0.39 is 0 Å². The molecule has 2 N–H and O–H groups in total. The number of hydrogen-bond acceptors (Lipinski definition) is 2. The average molecular weight is 270 g/mol. The van der Waals surface area contributed by atoms with Crippen LogP contribution in [0.5, 0.6) is 0 Å². The van der Waals surface area contributed by atoms with Crippen LogP contribution < -0.4 is 5.32 Å².